The van der Waals surface area contributed by atoms with E-state index in [0.29, 0.717) is 35.0 Å². The Hall–Kier alpha value is -2.48. The molecule has 34 heavy (non-hydrogen) atoms. The molecule has 5 rings (SSSR count). The van der Waals surface area contributed by atoms with Crippen molar-refractivity contribution in [1.29, 1.82) is 0 Å². The Morgan fingerprint density at radius 2 is 1.74 bits per heavy atom. The van der Waals surface area contributed by atoms with Crippen LogP contribution in [-0.4, -0.2) is 60.5 Å². The summed E-state index contributed by atoms with van der Waals surface area (Å²) in [5.74, 6) is 1.70. The molecule has 0 spiro atoms. The zero-order valence-electron chi connectivity index (χ0n) is 20.0. The van der Waals surface area contributed by atoms with Crippen molar-refractivity contribution in [3.05, 3.63) is 46.6 Å². The molecule has 1 aromatic heterocycles. The second kappa shape index (κ2) is 10.4. The van der Waals surface area contributed by atoms with Crippen molar-refractivity contribution in [1.82, 2.24) is 9.88 Å². The van der Waals surface area contributed by atoms with Gasteiger partial charge >= 0.3 is 0 Å². The zero-order valence-corrected chi connectivity index (χ0v) is 20.0. The highest BCUT2D eigenvalue weighted by molar-refractivity contribution is 5.86. The molecule has 2 unspecified atom stereocenters. The molecule has 0 bridgehead atoms. The lowest BCUT2D eigenvalue weighted by Crippen LogP contribution is -2.45. The molecular formula is C27H38N4O3. The maximum atomic E-state index is 10.3. The second-order valence-electron chi connectivity index (χ2n) is 9.95. The number of rotatable bonds is 5. The van der Waals surface area contributed by atoms with Gasteiger partial charge in [0.2, 0.25) is 0 Å². The highest BCUT2D eigenvalue weighted by Gasteiger charge is 2.34. The second-order valence-corrected chi connectivity index (χ2v) is 9.95. The number of hydrogen-bond donors (Lipinski definition) is 4. The Labute approximate surface area is 202 Å². The van der Waals surface area contributed by atoms with Gasteiger partial charge in [0.1, 0.15) is 11.6 Å². The maximum Gasteiger partial charge on any atom is 0.124 e. The van der Waals surface area contributed by atoms with Gasteiger partial charge in [-0.05, 0) is 61.8 Å². The molecule has 0 radical (unpaired) electrons. The first-order valence-corrected chi connectivity index (χ1v) is 12.8. The molecule has 2 aliphatic heterocycles. The number of aromatic amines is 1. The average Bonchev–Trinajstić information content (AvgIpc) is 3.21. The van der Waals surface area contributed by atoms with Gasteiger partial charge in [0.25, 0.3) is 0 Å². The third-order valence-corrected chi connectivity index (χ3v) is 7.90. The van der Waals surface area contributed by atoms with Crippen LogP contribution in [0.15, 0.2) is 24.3 Å². The van der Waals surface area contributed by atoms with Gasteiger partial charge in [0, 0.05) is 60.8 Å². The predicted molar refractivity (Wildman–Crippen MR) is 136 cm³/mol. The van der Waals surface area contributed by atoms with Crippen LogP contribution in [0.25, 0.3) is 11.8 Å². The van der Waals surface area contributed by atoms with Crippen molar-refractivity contribution in [3.63, 3.8) is 0 Å². The van der Waals surface area contributed by atoms with Crippen molar-refractivity contribution in [3.8, 4) is 5.75 Å². The van der Waals surface area contributed by atoms with E-state index in [2.05, 4.69) is 9.88 Å². The van der Waals surface area contributed by atoms with Crippen LogP contribution < -0.4 is 11.5 Å². The summed E-state index contributed by atoms with van der Waals surface area (Å²) in [6.45, 7) is 5.27. The van der Waals surface area contributed by atoms with Crippen LogP contribution in [-0.2, 0) is 9.47 Å². The van der Waals surface area contributed by atoms with Gasteiger partial charge in [-0.15, -0.1) is 0 Å². The Morgan fingerprint density at radius 1 is 1.00 bits per heavy atom. The number of benzene rings is 1. The molecule has 3 heterocycles. The summed E-state index contributed by atoms with van der Waals surface area (Å²) in [7, 11) is 0. The van der Waals surface area contributed by atoms with E-state index >= 15 is 0 Å². The molecule has 1 aromatic carbocycles. The largest absolute Gasteiger partial charge is 0.507 e. The first-order valence-electron chi connectivity index (χ1n) is 12.8. The van der Waals surface area contributed by atoms with E-state index in [-0.39, 0.29) is 5.75 Å². The fourth-order valence-electron chi connectivity index (χ4n) is 6.12. The number of nitrogen functional groups attached to an aromatic ring is 1. The summed E-state index contributed by atoms with van der Waals surface area (Å²) in [5.41, 5.74) is 17.9. The standard InChI is InChI=1S/C27H38N4O3/c28-23(21-6-1-2-7-24(21)32)17-22-25(26(30-27(22)29)18-8-12-33-13-9-18)19-4-3-5-20(16-19)31-10-14-34-15-11-31/h1-2,6-7,17-20,30,32H,3-5,8-16,28-29H2/b23-17-. The lowest BCUT2D eigenvalue weighted by molar-refractivity contribution is 0.00650. The van der Waals surface area contributed by atoms with Crippen LogP contribution in [0.4, 0.5) is 5.82 Å². The number of nitrogens with zero attached hydrogens (tertiary/aromatic N) is 1. The lowest BCUT2D eigenvalue weighted by Gasteiger charge is -2.40. The number of nitrogens with two attached hydrogens (primary N) is 2. The van der Waals surface area contributed by atoms with Gasteiger partial charge in [-0.1, -0.05) is 18.6 Å². The van der Waals surface area contributed by atoms with Gasteiger partial charge in [-0.25, -0.2) is 0 Å². The van der Waals surface area contributed by atoms with Crippen LogP contribution in [0.3, 0.4) is 0 Å². The summed E-state index contributed by atoms with van der Waals surface area (Å²) < 4.78 is 11.3. The summed E-state index contributed by atoms with van der Waals surface area (Å²) >= 11 is 0. The van der Waals surface area contributed by atoms with E-state index in [4.69, 9.17) is 20.9 Å². The van der Waals surface area contributed by atoms with E-state index in [1.165, 1.54) is 24.1 Å². The summed E-state index contributed by atoms with van der Waals surface area (Å²) in [4.78, 5) is 6.19. The van der Waals surface area contributed by atoms with E-state index in [0.717, 1.165) is 70.8 Å². The first kappa shape index (κ1) is 23.3. The third kappa shape index (κ3) is 4.83. The highest BCUT2D eigenvalue weighted by atomic mass is 16.5. The maximum absolute atomic E-state index is 10.3. The number of para-hydroxylation sites is 1. The van der Waals surface area contributed by atoms with E-state index in [1.807, 2.05) is 18.2 Å². The molecule has 184 valence electrons. The molecule has 3 fully saturated rings. The molecule has 1 saturated carbocycles. The van der Waals surface area contributed by atoms with Crippen LogP contribution in [0.2, 0.25) is 0 Å². The summed E-state index contributed by atoms with van der Waals surface area (Å²) in [5, 5.41) is 10.3. The molecule has 2 aromatic rings. The molecule has 3 aliphatic rings. The lowest BCUT2D eigenvalue weighted by atomic mass is 9.77. The molecule has 6 N–H and O–H groups in total. The molecule has 7 nitrogen and oxygen atoms in total. The number of phenolic OH excluding ortho intramolecular Hbond substituents is 1. The monoisotopic (exact) mass is 466 g/mol. The van der Waals surface area contributed by atoms with Crippen LogP contribution >= 0.6 is 0 Å². The number of morpholine rings is 1. The van der Waals surface area contributed by atoms with E-state index in [1.54, 1.807) is 12.1 Å². The van der Waals surface area contributed by atoms with Crippen LogP contribution in [0.1, 0.15) is 72.7 Å². The van der Waals surface area contributed by atoms with Crippen molar-refractivity contribution in [2.75, 3.05) is 45.3 Å². The first-order chi connectivity index (χ1) is 16.6. The predicted octanol–water partition coefficient (Wildman–Crippen LogP) is 4.01. The van der Waals surface area contributed by atoms with Crippen molar-refractivity contribution in [2.24, 2.45) is 5.73 Å². The molecule has 2 saturated heterocycles. The van der Waals surface area contributed by atoms with Gasteiger partial charge < -0.3 is 31.0 Å². The van der Waals surface area contributed by atoms with Crippen LogP contribution in [0.5, 0.6) is 5.75 Å². The number of ether oxygens (including phenoxy) is 2. The van der Waals surface area contributed by atoms with Crippen LogP contribution in [0, 0.1) is 0 Å². The van der Waals surface area contributed by atoms with Gasteiger partial charge in [-0.3, -0.25) is 4.90 Å². The number of aromatic nitrogens is 1. The SMILES string of the molecule is N/C(=C\c1c(N)[nH]c(C2CCOCC2)c1C1CCCC(N2CCOCC2)C1)c1ccccc1O. The number of hydrogen-bond acceptors (Lipinski definition) is 6. The number of H-pyrrole nitrogens is 1. The number of anilines is 1. The minimum Gasteiger partial charge on any atom is -0.507 e. The number of aromatic hydroxyl groups is 1. The Balaban J connectivity index is 1.52. The average molecular weight is 467 g/mol. The quantitative estimate of drug-likeness (QED) is 0.530. The van der Waals surface area contributed by atoms with Gasteiger partial charge in [-0.2, -0.15) is 0 Å². The van der Waals surface area contributed by atoms with Gasteiger partial charge in [0.15, 0.2) is 0 Å². The molecule has 2 atom stereocenters. The van der Waals surface area contributed by atoms with Crippen molar-refractivity contribution < 1.29 is 14.6 Å². The summed E-state index contributed by atoms with van der Waals surface area (Å²) in [6, 6.07) is 7.78. The number of phenols is 1. The fourth-order valence-corrected chi connectivity index (χ4v) is 6.12. The zero-order chi connectivity index (χ0) is 23.5. The number of nitrogens with one attached hydrogen (secondary N) is 1. The summed E-state index contributed by atoms with van der Waals surface area (Å²) in [6.07, 6.45) is 8.72. The normalized spacial score (nSPS) is 25.5. The minimum absolute atomic E-state index is 0.182. The molecular weight excluding hydrogens is 428 g/mol. The smallest absolute Gasteiger partial charge is 0.124 e. The Bertz CT molecular complexity index is 1010. The van der Waals surface area contributed by atoms with E-state index < -0.39 is 0 Å². The Kier molecular flexibility index (Phi) is 7.13. The third-order valence-electron chi connectivity index (χ3n) is 7.90. The van der Waals surface area contributed by atoms with E-state index in [9.17, 15) is 5.11 Å². The molecule has 1 aliphatic carbocycles. The van der Waals surface area contributed by atoms with Crippen molar-refractivity contribution >= 4 is 17.6 Å². The highest BCUT2D eigenvalue weighted by Crippen LogP contribution is 2.44. The van der Waals surface area contributed by atoms with Gasteiger partial charge in [0.05, 0.1) is 13.2 Å². The molecule has 7 heteroatoms. The molecule has 0 amide bonds. The topological polar surface area (TPSA) is 110 Å². The fraction of sp³-hybridized carbons (Fsp3) is 0.556. The Morgan fingerprint density at radius 3 is 2.50 bits per heavy atom. The van der Waals surface area contributed by atoms with Crippen molar-refractivity contribution in [2.45, 2.75) is 56.4 Å². The minimum atomic E-state index is 0.182.